The summed E-state index contributed by atoms with van der Waals surface area (Å²) < 4.78 is 35.8. The minimum atomic E-state index is -3.65. The number of aromatic carboxylic acids is 1. The number of carbonyl (C=O) groups is 3. The molecule has 3 N–H and O–H groups in total. The lowest BCUT2D eigenvalue weighted by molar-refractivity contribution is -0.121. The molecule has 294 valence electrons. The predicted molar refractivity (Wildman–Crippen MR) is 215 cm³/mol. The topological polar surface area (TPSA) is 155 Å². The van der Waals surface area contributed by atoms with Crippen LogP contribution in [0.15, 0.2) is 87.7 Å². The molecule has 5 rings (SSSR count). The van der Waals surface area contributed by atoms with Gasteiger partial charge in [-0.1, -0.05) is 56.4 Å². The van der Waals surface area contributed by atoms with Crippen LogP contribution in [0.1, 0.15) is 83.2 Å². The van der Waals surface area contributed by atoms with Crippen LogP contribution in [0.2, 0.25) is 0 Å². The molecule has 1 atom stereocenters. The first-order valence-electron chi connectivity index (χ1n) is 18.5. The number of allylic oxidation sites excluding steroid dienone is 1. The number of benzene rings is 2. The molecule has 0 fully saturated rings. The van der Waals surface area contributed by atoms with Crippen molar-refractivity contribution < 1.29 is 36.8 Å². The second-order valence-electron chi connectivity index (χ2n) is 13.9. The molecule has 0 spiro atoms. The zero-order valence-electron chi connectivity index (χ0n) is 31.8. The minimum Gasteiger partial charge on any atom is -0.478 e. The van der Waals surface area contributed by atoms with E-state index in [1.54, 1.807) is 23.6 Å². The van der Waals surface area contributed by atoms with Crippen LogP contribution in [-0.4, -0.2) is 90.1 Å². The lowest BCUT2D eigenvalue weighted by atomic mass is 9.84. The van der Waals surface area contributed by atoms with Crippen LogP contribution in [0, 0.1) is 0 Å². The monoisotopic (exact) mass is 790 g/mol. The van der Waals surface area contributed by atoms with Crippen molar-refractivity contribution in [3.05, 3.63) is 106 Å². The first-order chi connectivity index (χ1) is 26.4. The average molecular weight is 791 g/mol. The summed E-state index contributed by atoms with van der Waals surface area (Å²) in [5.74, 6) is -0.439. The van der Waals surface area contributed by atoms with Gasteiger partial charge >= 0.3 is 16.1 Å². The summed E-state index contributed by atoms with van der Waals surface area (Å²) >= 11 is 1.14. The summed E-state index contributed by atoms with van der Waals surface area (Å²) in [5.41, 5.74) is 3.83. The maximum absolute atomic E-state index is 13.1. The molecule has 0 saturated carbocycles. The van der Waals surface area contributed by atoms with E-state index in [-0.39, 0.29) is 47.0 Å². The van der Waals surface area contributed by atoms with Crippen molar-refractivity contribution in [2.45, 2.75) is 61.6 Å². The lowest BCUT2D eigenvalue weighted by Crippen LogP contribution is -2.34. The molecule has 0 saturated heterocycles. The fourth-order valence-corrected chi connectivity index (χ4v) is 8.31. The van der Waals surface area contributed by atoms with Gasteiger partial charge in [0.2, 0.25) is 5.91 Å². The maximum Gasteiger partial charge on any atom is 0.336 e. The van der Waals surface area contributed by atoms with E-state index in [2.05, 4.69) is 15.5 Å². The molecule has 2 heterocycles. The van der Waals surface area contributed by atoms with Crippen LogP contribution in [0.5, 0.6) is 5.75 Å². The van der Waals surface area contributed by atoms with Gasteiger partial charge in [0.25, 0.3) is 5.91 Å². The largest absolute Gasteiger partial charge is 0.478 e. The summed E-state index contributed by atoms with van der Waals surface area (Å²) in [6.45, 7) is 0.609. The fourth-order valence-electron chi connectivity index (χ4n) is 6.38. The van der Waals surface area contributed by atoms with Gasteiger partial charge in [0.05, 0.1) is 12.2 Å². The van der Waals surface area contributed by atoms with Crippen LogP contribution < -0.4 is 20.3 Å². The summed E-state index contributed by atoms with van der Waals surface area (Å²) in [6.07, 6.45) is 12.6. The summed E-state index contributed by atoms with van der Waals surface area (Å²) in [4.78, 5) is 42.2. The van der Waals surface area contributed by atoms with Crippen molar-refractivity contribution in [1.82, 2.24) is 15.5 Å². The zero-order valence-corrected chi connectivity index (χ0v) is 33.4. The van der Waals surface area contributed by atoms with Gasteiger partial charge < -0.3 is 25.4 Å². The highest BCUT2D eigenvalue weighted by Gasteiger charge is 2.30. The number of fused-ring (bicyclic) bond motifs is 2. The Labute approximate surface area is 327 Å². The first-order valence-corrected chi connectivity index (χ1v) is 20.8. The fraction of sp³-hybridized carbons (Fsp3) is 0.390. The molecule has 1 aliphatic carbocycles. The summed E-state index contributed by atoms with van der Waals surface area (Å²) in [7, 11) is 4.18. The maximum atomic E-state index is 13.1. The van der Waals surface area contributed by atoms with E-state index in [4.69, 9.17) is 8.92 Å². The molecular formula is C41H50N4O8S2. The van der Waals surface area contributed by atoms with Crippen molar-refractivity contribution in [1.29, 1.82) is 0 Å². The molecule has 1 aromatic heterocycles. The molecule has 2 amide bonds. The highest BCUT2D eigenvalue weighted by atomic mass is 32.3. The molecule has 0 bridgehead atoms. The van der Waals surface area contributed by atoms with E-state index in [0.717, 1.165) is 66.7 Å². The first kappa shape index (κ1) is 41.4. The number of hydrogen-bond acceptors (Lipinski definition) is 10. The van der Waals surface area contributed by atoms with Crippen molar-refractivity contribution in [2.75, 3.05) is 52.8 Å². The normalized spacial score (nSPS) is 14.9. The van der Waals surface area contributed by atoms with Crippen LogP contribution in [0.3, 0.4) is 0 Å². The molecule has 3 aromatic rings. The van der Waals surface area contributed by atoms with Crippen LogP contribution >= 0.6 is 11.3 Å². The number of amides is 2. The highest BCUT2D eigenvalue weighted by molar-refractivity contribution is 7.89. The van der Waals surface area contributed by atoms with Gasteiger partial charge in [-0.25, -0.2) is 4.79 Å². The quantitative estimate of drug-likeness (QED) is 0.0858. The van der Waals surface area contributed by atoms with Gasteiger partial charge in [-0.05, 0) is 74.3 Å². The van der Waals surface area contributed by atoms with Gasteiger partial charge in [-0.15, -0.1) is 11.3 Å². The Kier molecular flexibility index (Phi) is 14.5. The zero-order chi connectivity index (χ0) is 39.5. The molecule has 14 heteroatoms. The van der Waals surface area contributed by atoms with Gasteiger partial charge in [0.15, 0.2) is 0 Å². The number of carboxylic acid groups (broad SMARTS) is 1. The van der Waals surface area contributed by atoms with Crippen molar-refractivity contribution in [3.63, 3.8) is 0 Å². The van der Waals surface area contributed by atoms with Crippen LogP contribution in [-0.2, 0) is 19.1 Å². The molecule has 2 aromatic carbocycles. The molecule has 0 radical (unpaired) electrons. The van der Waals surface area contributed by atoms with Crippen LogP contribution in [0.25, 0.3) is 5.57 Å². The third-order valence-corrected chi connectivity index (χ3v) is 12.1. The van der Waals surface area contributed by atoms with Crippen molar-refractivity contribution >= 4 is 50.5 Å². The molecule has 1 aliphatic heterocycles. The number of carbonyl (C=O) groups excluding carboxylic acids is 2. The number of thiophene rings is 1. The second-order valence-corrected chi connectivity index (χ2v) is 16.7. The number of anilines is 1. The number of likely N-dealkylation sites (N-methyl/N-ethyl adjacent to an activating group) is 1. The van der Waals surface area contributed by atoms with E-state index < -0.39 is 22.0 Å². The predicted octanol–water partition coefficient (Wildman–Crippen LogP) is 6.46. The number of rotatable bonds is 20. The standard InChI is InChI=1S/C41H50N4O8S2/c1-44(2)29-16-19-32-35(26-29)53-36-27-30(45(3)4)17-20-33(36)39(32)31-18-15-28(25-34(31)41(48)49)40(47)43-22-21-42-37(46)13-10-8-6-5-7-9-11-23-52-55(50,51)38-14-12-24-54-38/h12,14-20,24-27,29H,5-11,13,21-23H2,1-4H3,(H,42,46)(H,43,47)(H,48,49). The van der Waals surface area contributed by atoms with Gasteiger partial charge in [-0.2, -0.15) is 8.42 Å². The van der Waals surface area contributed by atoms with Crippen molar-refractivity contribution in [3.8, 4) is 5.75 Å². The Morgan fingerprint density at radius 3 is 2.29 bits per heavy atom. The Morgan fingerprint density at radius 1 is 0.891 bits per heavy atom. The number of nitrogens with one attached hydrogen (secondary N) is 2. The smallest absolute Gasteiger partial charge is 0.336 e. The number of ether oxygens (including phenoxy) is 1. The lowest BCUT2D eigenvalue weighted by Gasteiger charge is -2.31. The SMILES string of the molecule is CN(C)c1ccc2c(c1)OC1=CC(N(C)C)C=CC1=C2c1ccc(C(=O)NCCNC(=O)CCCCCCCCCOS(=O)(=O)c2cccs2)cc1C(=O)O. The Morgan fingerprint density at radius 2 is 1.60 bits per heavy atom. The van der Waals surface area contributed by atoms with Gasteiger partial charge in [0.1, 0.15) is 15.7 Å². The van der Waals surface area contributed by atoms with E-state index in [1.807, 2.05) is 69.5 Å². The van der Waals surface area contributed by atoms with E-state index in [1.165, 1.54) is 12.1 Å². The summed E-state index contributed by atoms with van der Waals surface area (Å²) in [6, 6.07) is 13.7. The van der Waals surface area contributed by atoms with E-state index in [9.17, 15) is 27.9 Å². The van der Waals surface area contributed by atoms with Gasteiger partial charge in [0, 0.05) is 73.7 Å². The Hall–Kier alpha value is -4.76. The average Bonchev–Trinajstić information content (AvgIpc) is 3.72. The Balaban J connectivity index is 1.08. The van der Waals surface area contributed by atoms with Gasteiger partial charge in [-0.3, -0.25) is 18.7 Å². The molecule has 55 heavy (non-hydrogen) atoms. The molecule has 2 aliphatic rings. The summed E-state index contributed by atoms with van der Waals surface area (Å²) in [5, 5.41) is 17.7. The molecular weight excluding hydrogens is 741 g/mol. The number of carboxylic acids is 1. The minimum absolute atomic E-state index is 0.000886. The Bertz CT molecular complexity index is 2050. The number of hydrogen-bond donors (Lipinski definition) is 3. The number of unbranched alkanes of at least 4 members (excludes halogenated alkanes) is 6. The second kappa shape index (κ2) is 19.2. The molecule has 1 unspecified atom stereocenters. The van der Waals surface area contributed by atoms with E-state index in [0.29, 0.717) is 35.5 Å². The number of nitrogens with zero attached hydrogens (tertiary/aromatic N) is 2. The highest BCUT2D eigenvalue weighted by Crippen LogP contribution is 2.45. The van der Waals surface area contributed by atoms with Crippen molar-refractivity contribution in [2.24, 2.45) is 0 Å². The van der Waals surface area contributed by atoms with Crippen LogP contribution in [0.4, 0.5) is 5.69 Å². The third-order valence-electron chi connectivity index (χ3n) is 9.43. The molecule has 12 nitrogen and oxygen atoms in total. The third kappa shape index (κ3) is 10.9. The van der Waals surface area contributed by atoms with E-state index >= 15 is 0 Å².